The molecule has 2 aromatic rings. The molecule has 6 heteroatoms. The van der Waals surface area contributed by atoms with Crippen LogP contribution in [0.1, 0.15) is 24.4 Å². The largest absolute Gasteiger partial charge is 0.388 e. The fraction of sp³-hybridized carbons (Fsp3) is 0.364. The summed E-state index contributed by atoms with van der Waals surface area (Å²) in [5.41, 5.74) is 0.910. The van der Waals surface area contributed by atoms with E-state index in [1.165, 1.54) is 0 Å². The molecular formula is C11H12Br2N2OS. The van der Waals surface area contributed by atoms with Gasteiger partial charge in [0.05, 0.1) is 13.7 Å². The predicted molar refractivity (Wildman–Crippen MR) is 76.3 cm³/mol. The third-order valence-corrected chi connectivity index (χ3v) is 4.95. The predicted octanol–water partition coefficient (Wildman–Crippen LogP) is 3.77. The molecule has 0 radical (unpaired) electrons. The molecule has 0 aliphatic heterocycles. The quantitative estimate of drug-likeness (QED) is 0.877. The number of aliphatic hydroxyl groups is 1. The monoisotopic (exact) mass is 378 g/mol. The molecule has 1 atom stereocenters. The summed E-state index contributed by atoms with van der Waals surface area (Å²) in [7, 11) is 0. The summed E-state index contributed by atoms with van der Waals surface area (Å²) in [5, 5.41) is 10.2. The van der Waals surface area contributed by atoms with Crippen LogP contribution < -0.4 is 0 Å². The Morgan fingerprint density at radius 2 is 2.29 bits per heavy atom. The molecular weight excluding hydrogens is 368 g/mol. The lowest BCUT2D eigenvalue weighted by molar-refractivity contribution is 0.174. The lowest BCUT2D eigenvalue weighted by Gasteiger charge is -2.10. The Morgan fingerprint density at radius 1 is 1.53 bits per heavy atom. The molecule has 0 saturated heterocycles. The van der Waals surface area contributed by atoms with Crippen LogP contribution in [0, 0.1) is 0 Å². The highest BCUT2D eigenvalue weighted by Crippen LogP contribution is 2.36. The van der Waals surface area contributed by atoms with E-state index in [2.05, 4.69) is 43.8 Å². The minimum absolute atomic E-state index is 0.528. The highest BCUT2D eigenvalue weighted by Gasteiger charge is 2.17. The molecule has 92 valence electrons. The summed E-state index contributed by atoms with van der Waals surface area (Å²) >= 11 is 8.44. The number of halogens is 2. The van der Waals surface area contributed by atoms with Crippen molar-refractivity contribution in [3.05, 3.63) is 37.4 Å². The van der Waals surface area contributed by atoms with Gasteiger partial charge in [0.1, 0.15) is 5.82 Å². The van der Waals surface area contributed by atoms with Crippen LogP contribution in [0.4, 0.5) is 0 Å². The summed E-state index contributed by atoms with van der Waals surface area (Å²) in [6, 6.07) is 1.94. The van der Waals surface area contributed by atoms with E-state index in [0.717, 1.165) is 25.5 Å². The first-order chi connectivity index (χ1) is 8.11. The third kappa shape index (κ3) is 2.99. The van der Waals surface area contributed by atoms with Crippen molar-refractivity contribution in [1.29, 1.82) is 0 Å². The Labute approximate surface area is 121 Å². The van der Waals surface area contributed by atoms with Crippen LogP contribution in [0.25, 0.3) is 0 Å². The van der Waals surface area contributed by atoms with Gasteiger partial charge in [-0.2, -0.15) is 0 Å². The van der Waals surface area contributed by atoms with E-state index < -0.39 is 6.10 Å². The van der Waals surface area contributed by atoms with Gasteiger partial charge in [-0.05, 0) is 44.8 Å². The Balaban J connectivity index is 2.17. The van der Waals surface area contributed by atoms with Crippen molar-refractivity contribution in [3.63, 3.8) is 0 Å². The van der Waals surface area contributed by atoms with Crippen molar-refractivity contribution in [2.45, 2.75) is 26.0 Å². The minimum atomic E-state index is -0.528. The van der Waals surface area contributed by atoms with Gasteiger partial charge < -0.3 is 9.67 Å². The average Bonchev–Trinajstić information content (AvgIpc) is 2.84. The normalized spacial score (nSPS) is 12.9. The van der Waals surface area contributed by atoms with E-state index in [1.807, 2.05) is 16.8 Å². The van der Waals surface area contributed by atoms with Gasteiger partial charge in [0.25, 0.3) is 0 Å². The van der Waals surface area contributed by atoms with Gasteiger partial charge in [0, 0.05) is 30.9 Å². The number of hydrogen-bond donors (Lipinski definition) is 1. The molecule has 3 nitrogen and oxygen atoms in total. The molecule has 0 amide bonds. The summed E-state index contributed by atoms with van der Waals surface area (Å²) in [6.45, 7) is 2.94. The fourth-order valence-electron chi connectivity index (χ4n) is 1.68. The van der Waals surface area contributed by atoms with E-state index in [-0.39, 0.29) is 0 Å². The average molecular weight is 380 g/mol. The molecule has 0 aromatic carbocycles. The van der Waals surface area contributed by atoms with Crippen LogP contribution in [-0.4, -0.2) is 14.7 Å². The van der Waals surface area contributed by atoms with Gasteiger partial charge in [-0.25, -0.2) is 4.98 Å². The van der Waals surface area contributed by atoms with Crippen molar-refractivity contribution in [2.75, 3.05) is 0 Å². The molecule has 0 bridgehead atoms. The second kappa shape index (κ2) is 5.65. The number of aliphatic hydroxyl groups excluding tert-OH is 1. The molecule has 0 fully saturated rings. The van der Waals surface area contributed by atoms with Crippen LogP contribution in [0.3, 0.4) is 0 Å². The van der Waals surface area contributed by atoms with Gasteiger partial charge in [0.15, 0.2) is 0 Å². The van der Waals surface area contributed by atoms with E-state index in [9.17, 15) is 5.11 Å². The molecule has 1 unspecified atom stereocenters. The maximum absolute atomic E-state index is 10.2. The molecule has 0 saturated carbocycles. The molecule has 0 spiro atoms. The number of hydrogen-bond acceptors (Lipinski definition) is 3. The molecule has 0 aliphatic rings. The van der Waals surface area contributed by atoms with Crippen LogP contribution in [0.15, 0.2) is 26.0 Å². The molecule has 1 N–H and O–H groups in total. The number of imidazole rings is 1. The van der Waals surface area contributed by atoms with Gasteiger partial charge in [-0.1, -0.05) is 0 Å². The molecule has 2 heterocycles. The zero-order valence-corrected chi connectivity index (χ0v) is 13.2. The van der Waals surface area contributed by atoms with Crippen molar-refractivity contribution in [3.8, 4) is 0 Å². The first-order valence-electron chi connectivity index (χ1n) is 5.24. The number of aromatic nitrogens is 2. The number of nitrogens with zero attached hydrogens (tertiary/aromatic N) is 2. The van der Waals surface area contributed by atoms with Crippen LogP contribution in [0.5, 0.6) is 0 Å². The topological polar surface area (TPSA) is 38.0 Å². The Bertz CT molecular complexity index is 509. The molecule has 17 heavy (non-hydrogen) atoms. The Hall–Kier alpha value is -0.170. The first kappa shape index (κ1) is 13.3. The van der Waals surface area contributed by atoms with Crippen molar-refractivity contribution >= 4 is 43.2 Å². The zero-order chi connectivity index (χ0) is 12.4. The second-order valence-corrected chi connectivity index (χ2v) is 7.38. The highest BCUT2D eigenvalue weighted by atomic mass is 79.9. The standard InChI is InChI=1S/C11H12Br2N2OS/c1-2-15-4-3-14-10(15)6-8(16)7-5-9(12)17-11(7)13/h3-5,8,16H,2,6H2,1H3. The maximum atomic E-state index is 10.2. The summed E-state index contributed by atoms with van der Waals surface area (Å²) in [4.78, 5) is 4.27. The Morgan fingerprint density at radius 3 is 2.88 bits per heavy atom. The van der Waals surface area contributed by atoms with E-state index in [4.69, 9.17) is 0 Å². The van der Waals surface area contributed by atoms with Gasteiger partial charge in [-0.3, -0.25) is 0 Å². The van der Waals surface area contributed by atoms with Crippen LogP contribution in [-0.2, 0) is 13.0 Å². The number of rotatable bonds is 4. The zero-order valence-electron chi connectivity index (χ0n) is 9.23. The van der Waals surface area contributed by atoms with Crippen molar-refractivity contribution in [1.82, 2.24) is 9.55 Å². The van der Waals surface area contributed by atoms with Crippen LogP contribution in [0.2, 0.25) is 0 Å². The third-order valence-electron chi connectivity index (χ3n) is 2.56. The lowest BCUT2D eigenvalue weighted by atomic mass is 10.1. The van der Waals surface area contributed by atoms with Crippen molar-refractivity contribution < 1.29 is 5.11 Å². The fourth-order valence-corrected chi connectivity index (χ4v) is 4.64. The van der Waals surface area contributed by atoms with E-state index in [1.54, 1.807) is 17.5 Å². The summed E-state index contributed by atoms with van der Waals surface area (Å²) in [5.74, 6) is 0.911. The number of aryl methyl sites for hydroxylation is 1. The molecule has 2 rings (SSSR count). The minimum Gasteiger partial charge on any atom is -0.388 e. The first-order valence-corrected chi connectivity index (χ1v) is 7.65. The maximum Gasteiger partial charge on any atom is 0.111 e. The molecule has 0 aliphatic carbocycles. The second-order valence-electron chi connectivity index (χ2n) is 3.63. The summed E-state index contributed by atoms with van der Waals surface area (Å²) < 4.78 is 4.02. The Kier molecular flexibility index (Phi) is 4.41. The van der Waals surface area contributed by atoms with Gasteiger partial charge in [-0.15, -0.1) is 11.3 Å². The summed E-state index contributed by atoms with van der Waals surface area (Å²) in [6.07, 6.45) is 3.70. The van der Waals surface area contributed by atoms with Crippen LogP contribution >= 0.6 is 43.2 Å². The smallest absolute Gasteiger partial charge is 0.111 e. The van der Waals surface area contributed by atoms with Crippen molar-refractivity contribution in [2.24, 2.45) is 0 Å². The SMILES string of the molecule is CCn1ccnc1CC(O)c1cc(Br)sc1Br. The lowest BCUT2D eigenvalue weighted by Crippen LogP contribution is -2.07. The van der Waals surface area contributed by atoms with Gasteiger partial charge >= 0.3 is 0 Å². The highest BCUT2D eigenvalue weighted by molar-refractivity contribution is 9.12. The number of thiophene rings is 1. The molecule has 2 aromatic heterocycles. The van der Waals surface area contributed by atoms with Gasteiger partial charge in [0.2, 0.25) is 0 Å². The van der Waals surface area contributed by atoms with E-state index >= 15 is 0 Å². The van der Waals surface area contributed by atoms with E-state index in [0.29, 0.717) is 6.42 Å².